The summed E-state index contributed by atoms with van der Waals surface area (Å²) in [7, 11) is 0. The van der Waals surface area contributed by atoms with Gasteiger partial charge in [-0.2, -0.15) is 0 Å². The molecule has 0 bridgehead atoms. The monoisotopic (exact) mass is 500 g/mol. The standard InChI is InChI=1S/C26H29ClN2O6/c1-16(15-30)29-21-23(32)28(18-10-5-4-9-17(18)27)13-8-12-26(21)19(22(29)31)20-24(33)34-14-7-3-6-11-25(20,2)35-26/h4-6,8-12,16,19-21,30H,3,7,13-15H2,1-2H3/b11-6-/t16-,19+,20-,21?,25+,26+/m1/s1. The lowest BCUT2D eigenvalue weighted by atomic mass is 9.74. The molecule has 0 radical (unpaired) electrons. The summed E-state index contributed by atoms with van der Waals surface area (Å²) < 4.78 is 12.2. The third kappa shape index (κ3) is 3.53. The highest BCUT2D eigenvalue weighted by Crippen LogP contribution is 2.57. The van der Waals surface area contributed by atoms with Crippen LogP contribution in [-0.4, -0.2) is 70.8 Å². The van der Waals surface area contributed by atoms with Gasteiger partial charge in [0.25, 0.3) is 5.91 Å². The predicted molar refractivity (Wildman–Crippen MR) is 129 cm³/mol. The highest BCUT2D eigenvalue weighted by atomic mass is 35.5. The molecule has 2 fully saturated rings. The Labute approximate surface area is 209 Å². The lowest BCUT2D eigenvalue weighted by Gasteiger charge is -2.39. The van der Waals surface area contributed by atoms with Crippen LogP contribution in [0.25, 0.3) is 0 Å². The van der Waals surface area contributed by atoms with Crippen LogP contribution in [-0.2, 0) is 23.9 Å². The van der Waals surface area contributed by atoms with Crippen LogP contribution in [0.4, 0.5) is 5.69 Å². The van der Waals surface area contributed by atoms with Crippen molar-refractivity contribution in [3.05, 3.63) is 53.6 Å². The number of esters is 1. The van der Waals surface area contributed by atoms with Crippen molar-refractivity contribution in [3.8, 4) is 0 Å². The molecule has 0 saturated carbocycles. The number of hydrogen-bond acceptors (Lipinski definition) is 6. The van der Waals surface area contributed by atoms with E-state index in [2.05, 4.69) is 0 Å². The zero-order valence-corrected chi connectivity index (χ0v) is 20.5. The van der Waals surface area contributed by atoms with Crippen molar-refractivity contribution in [2.45, 2.75) is 50.0 Å². The van der Waals surface area contributed by atoms with E-state index in [0.717, 1.165) is 0 Å². The summed E-state index contributed by atoms with van der Waals surface area (Å²) in [5.74, 6) is -3.22. The predicted octanol–water partition coefficient (Wildman–Crippen LogP) is 2.49. The van der Waals surface area contributed by atoms with E-state index in [9.17, 15) is 19.5 Å². The molecule has 1 aromatic carbocycles. The van der Waals surface area contributed by atoms with Gasteiger partial charge in [-0.1, -0.05) is 48.0 Å². The minimum atomic E-state index is -1.41. The van der Waals surface area contributed by atoms with Gasteiger partial charge in [0.2, 0.25) is 5.91 Å². The molecule has 9 heteroatoms. The number of carbonyl (C=O) groups excluding carboxylic acids is 3. The molecule has 6 atom stereocenters. The first kappa shape index (κ1) is 24.0. The topological polar surface area (TPSA) is 96.4 Å². The van der Waals surface area contributed by atoms with E-state index in [4.69, 9.17) is 21.1 Å². The van der Waals surface area contributed by atoms with E-state index in [0.29, 0.717) is 23.6 Å². The van der Waals surface area contributed by atoms with Crippen LogP contribution in [0.1, 0.15) is 26.7 Å². The van der Waals surface area contributed by atoms with E-state index >= 15 is 0 Å². The lowest BCUT2D eigenvalue weighted by Crippen LogP contribution is -2.58. The number of benzene rings is 1. The molecule has 2 amide bonds. The summed E-state index contributed by atoms with van der Waals surface area (Å²) in [6, 6.07) is 5.24. The molecule has 4 aliphatic heterocycles. The van der Waals surface area contributed by atoms with Crippen molar-refractivity contribution >= 4 is 35.1 Å². The van der Waals surface area contributed by atoms with Gasteiger partial charge in [-0.25, -0.2) is 0 Å². The van der Waals surface area contributed by atoms with E-state index in [1.165, 1.54) is 9.80 Å². The van der Waals surface area contributed by atoms with Crippen molar-refractivity contribution in [3.63, 3.8) is 0 Å². The minimum Gasteiger partial charge on any atom is -0.465 e. The molecular weight excluding hydrogens is 472 g/mol. The fourth-order valence-electron chi connectivity index (χ4n) is 6.02. The van der Waals surface area contributed by atoms with Crippen LogP contribution in [0, 0.1) is 11.8 Å². The zero-order valence-electron chi connectivity index (χ0n) is 19.7. The Morgan fingerprint density at radius 3 is 2.66 bits per heavy atom. The summed E-state index contributed by atoms with van der Waals surface area (Å²) in [4.78, 5) is 44.5. The summed E-state index contributed by atoms with van der Waals surface area (Å²) in [6.45, 7) is 3.56. The first-order valence-corrected chi connectivity index (χ1v) is 12.3. The number of nitrogens with zero attached hydrogens (tertiary/aromatic N) is 2. The summed E-state index contributed by atoms with van der Waals surface area (Å²) >= 11 is 6.44. The number of aliphatic hydroxyl groups is 1. The second-order valence-electron chi connectivity index (χ2n) is 9.79. The Morgan fingerprint density at radius 1 is 1.14 bits per heavy atom. The largest absolute Gasteiger partial charge is 0.465 e. The molecule has 0 aromatic heterocycles. The molecule has 8 nitrogen and oxygen atoms in total. The number of para-hydroxylation sites is 1. The van der Waals surface area contributed by atoms with Gasteiger partial charge in [0.15, 0.2) is 0 Å². The van der Waals surface area contributed by atoms with Crippen molar-refractivity contribution in [1.82, 2.24) is 4.90 Å². The molecule has 5 rings (SSSR count). The van der Waals surface area contributed by atoms with Crippen LogP contribution in [0.3, 0.4) is 0 Å². The van der Waals surface area contributed by atoms with Gasteiger partial charge in [0.1, 0.15) is 17.6 Å². The lowest BCUT2D eigenvalue weighted by molar-refractivity contribution is -0.159. The fraction of sp³-hybridized carbons (Fsp3) is 0.500. The van der Waals surface area contributed by atoms with Gasteiger partial charge in [0.05, 0.1) is 41.5 Å². The van der Waals surface area contributed by atoms with Gasteiger partial charge < -0.3 is 24.4 Å². The van der Waals surface area contributed by atoms with Crippen LogP contribution in [0.5, 0.6) is 0 Å². The minimum absolute atomic E-state index is 0.216. The molecule has 186 valence electrons. The molecule has 1 spiro atoms. The number of hydrogen-bond donors (Lipinski definition) is 1. The summed E-state index contributed by atoms with van der Waals surface area (Å²) in [5.41, 5.74) is -2.03. The number of halogens is 1. The average Bonchev–Trinajstić information content (AvgIpc) is 3.19. The molecule has 1 unspecified atom stereocenters. The number of likely N-dealkylation sites (tertiary alicyclic amines) is 1. The average molecular weight is 501 g/mol. The highest BCUT2D eigenvalue weighted by molar-refractivity contribution is 6.34. The van der Waals surface area contributed by atoms with E-state index in [-0.39, 0.29) is 25.7 Å². The highest BCUT2D eigenvalue weighted by Gasteiger charge is 2.75. The maximum Gasteiger partial charge on any atom is 0.313 e. The summed E-state index contributed by atoms with van der Waals surface area (Å²) in [5, 5.41) is 10.4. The summed E-state index contributed by atoms with van der Waals surface area (Å²) in [6.07, 6.45) is 8.70. The number of allylic oxidation sites excluding steroid dienone is 1. The Morgan fingerprint density at radius 2 is 1.91 bits per heavy atom. The van der Waals surface area contributed by atoms with Crippen molar-refractivity contribution in [2.24, 2.45) is 11.8 Å². The van der Waals surface area contributed by atoms with Gasteiger partial charge >= 0.3 is 5.97 Å². The number of anilines is 1. The quantitative estimate of drug-likeness (QED) is 0.506. The van der Waals surface area contributed by atoms with Gasteiger partial charge in [-0.3, -0.25) is 14.4 Å². The van der Waals surface area contributed by atoms with Gasteiger partial charge in [-0.05, 0) is 38.8 Å². The number of rotatable bonds is 3. The third-order valence-corrected chi connectivity index (χ3v) is 7.89. The second-order valence-corrected chi connectivity index (χ2v) is 10.2. The third-order valence-electron chi connectivity index (χ3n) is 7.57. The molecule has 0 aliphatic carbocycles. The van der Waals surface area contributed by atoms with Crippen LogP contribution >= 0.6 is 11.6 Å². The normalized spacial score (nSPS) is 36.3. The SMILES string of the molecule is C[C@H](CO)N1C(=O)[C@@H]2[C@@H]3C(=O)OCCC/C=C\[C@]3(C)O[C@@]23C=CCN(c2ccccc2Cl)C(=O)C13. The van der Waals surface area contributed by atoms with E-state index in [1.807, 2.05) is 12.2 Å². The maximum absolute atomic E-state index is 14.2. The molecular formula is C26H29ClN2O6. The molecule has 4 heterocycles. The fourth-order valence-corrected chi connectivity index (χ4v) is 6.26. The van der Waals surface area contributed by atoms with E-state index < -0.39 is 47.0 Å². The van der Waals surface area contributed by atoms with Gasteiger partial charge in [-0.15, -0.1) is 0 Å². The number of fused-ring (bicyclic) bond motifs is 2. The molecule has 2 saturated heterocycles. The number of carbonyl (C=O) groups is 3. The Hall–Kier alpha value is -2.68. The second kappa shape index (κ2) is 8.76. The van der Waals surface area contributed by atoms with Crippen molar-refractivity contribution < 1.29 is 29.0 Å². The zero-order chi connectivity index (χ0) is 25.0. The van der Waals surface area contributed by atoms with Crippen LogP contribution < -0.4 is 4.90 Å². The smallest absolute Gasteiger partial charge is 0.313 e. The van der Waals surface area contributed by atoms with Crippen LogP contribution in [0.15, 0.2) is 48.6 Å². The Balaban J connectivity index is 1.68. The number of amides is 2. The first-order chi connectivity index (χ1) is 16.7. The van der Waals surface area contributed by atoms with E-state index in [1.54, 1.807) is 50.3 Å². The Bertz CT molecular complexity index is 1120. The van der Waals surface area contributed by atoms with Crippen molar-refractivity contribution in [1.29, 1.82) is 0 Å². The molecule has 1 N–H and O–H groups in total. The molecule has 4 aliphatic rings. The maximum atomic E-state index is 14.2. The number of ether oxygens (including phenoxy) is 2. The number of aliphatic hydroxyl groups excluding tert-OH is 1. The van der Waals surface area contributed by atoms with Crippen molar-refractivity contribution in [2.75, 3.05) is 24.7 Å². The molecule has 1 aromatic rings. The Kier molecular flexibility index (Phi) is 6.02. The van der Waals surface area contributed by atoms with Gasteiger partial charge in [0, 0.05) is 6.54 Å². The first-order valence-electron chi connectivity index (χ1n) is 12.0. The molecule has 35 heavy (non-hydrogen) atoms. The van der Waals surface area contributed by atoms with Crippen LogP contribution in [0.2, 0.25) is 5.02 Å². The number of cyclic esters (lactones) is 1.